The molecule has 0 aliphatic heterocycles. The zero-order valence-electron chi connectivity index (χ0n) is 9.65. The molecule has 0 radical (unpaired) electrons. The van der Waals surface area contributed by atoms with Crippen LogP contribution in [-0.2, 0) is 14.4 Å². The number of methoxy groups -OCH3 is 1. The molecule has 0 aromatic rings. The fourth-order valence-corrected chi connectivity index (χ4v) is 0.732. The average molecular weight is 218 g/mol. The predicted molar refractivity (Wildman–Crippen MR) is 53.0 cm³/mol. The summed E-state index contributed by atoms with van der Waals surface area (Å²) in [5.41, 5.74) is -1.36. The Hall–Kier alpha value is -1.33. The lowest BCUT2D eigenvalue weighted by molar-refractivity contribution is -0.613. The van der Waals surface area contributed by atoms with Crippen molar-refractivity contribution in [3.8, 4) is 0 Å². The molecule has 88 valence electrons. The Morgan fingerprint density at radius 1 is 1.53 bits per heavy atom. The lowest BCUT2D eigenvalue weighted by Gasteiger charge is -2.16. The van der Waals surface area contributed by atoms with Gasteiger partial charge in [-0.25, -0.2) is 4.79 Å². The van der Waals surface area contributed by atoms with E-state index < -0.39 is 11.5 Å². The SMILES string of the molecule is CCCCO/N=[N+](\[O-])C(C)(C)C(=O)OC. The molecule has 0 aliphatic carbocycles. The fourth-order valence-electron chi connectivity index (χ4n) is 0.732. The summed E-state index contributed by atoms with van der Waals surface area (Å²) in [7, 11) is 1.22. The van der Waals surface area contributed by atoms with Crippen molar-refractivity contribution in [1.82, 2.24) is 0 Å². The molecule has 0 heterocycles. The largest absolute Gasteiger partial charge is 0.596 e. The molecule has 0 rings (SSSR count). The van der Waals surface area contributed by atoms with E-state index in [1.54, 1.807) is 0 Å². The van der Waals surface area contributed by atoms with Crippen molar-refractivity contribution in [3.63, 3.8) is 0 Å². The summed E-state index contributed by atoms with van der Waals surface area (Å²) in [5, 5.41) is 14.6. The Morgan fingerprint density at radius 3 is 2.60 bits per heavy atom. The Kier molecular flexibility index (Phi) is 5.66. The second-order valence-electron chi connectivity index (χ2n) is 3.59. The maximum atomic E-state index is 11.4. The van der Waals surface area contributed by atoms with Crippen LogP contribution in [-0.4, -0.2) is 30.1 Å². The maximum absolute atomic E-state index is 11.4. The number of hydrogen-bond acceptors (Lipinski definition) is 5. The summed E-state index contributed by atoms with van der Waals surface area (Å²) >= 11 is 0. The van der Waals surface area contributed by atoms with E-state index in [-0.39, 0.29) is 4.86 Å². The van der Waals surface area contributed by atoms with Crippen LogP contribution in [0.4, 0.5) is 0 Å². The minimum atomic E-state index is -1.36. The third-order valence-electron chi connectivity index (χ3n) is 1.88. The van der Waals surface area contributed by atoms with Gasteiger partial charge >= 0.3 is 5.97 Å². The molecule has 0 amide bonds. The minimum Gasteiger partial charge on any atom is -0.596 e. The van der Waals surface area contributed by atoms with Gasteiger partial charge in [-0.15, -0.1) is 0 Å². The van der Waals surface area contributed by atoms with Crippen LogP contribution in [0, 0.1) is 5.21 Å². The van der Waals surface area contributed by atoms with E-state index in [9.17, 15) is 10.0 Å². The van der Waals surface area contributed by atoms with Crippen LogP contribution >= 0.6 is 0 Å². The van der Waals surface area contributed by atoms with Gasteiger partial charge in [-0.1, -0.05) is 13.3 Å². The van der Waals surface area contributed by atoms with E-state index in [1.807, 2.05) is 6.92 Å². The van der Waals surface area contributed by atoms with Crippen molar-refractivity contribution < 1.29 is 19.2 Å². The van der Waals surface area contributed by atoms with E-state index in [2.05, 4.69) is 10.0 Å². The summed E-state index contributed by atoms with van der Waals surface area (Å²) in [6.45, 7) is 5.19. The molecule has 0 bridgehead atoms. The predicted octanol–water partition coefficient (Wildman–Crippen LogP) is 1.63. The standard InChI is InChI=1S/C9H18N2O4/c1-5-6-7-15-10-11(13)9(2,3)8(12)14-4/h5-7H2,1-4H3/b11-10-. The molecule has 0 N–H and O–H groups in total. The Morgan fingerprint density at radius 2 is 2.13 bits per heavy atom. The highest BCUT2D eigenvalue weighted by Gasteiger charge is 2.40. The first-order chi connectivity index (χ1) is 6.96. The first-order valence-corrected chi connectivity index (χ1v) is 4.85. The van der Waals surface area contributed by atoms with E-state index in [0.717, 1.165) is 12.8 Å². The van der Waals surface area contributed by atoms with Gasteiger partial charge in [0.15, 0.2) is 0 Å². The molecule has 0 saturated carbocycles. The van der Waals surface area contributed by atoms with Gasteiger partial charge in [-0.05, 0) is 11.3 Å². The van der Waals surface area contributed by atoms with Crippen molar-refractivity contribution in [1.29, 1.82) is 0 Å². The first kappa shape index (κ1) is 13.7. The number of carbonyl (C=O) groups excluding carboxylic acids is 1. The van der Waals surface area contributed by atoms with Gasteiger partial charge in [0.2, 0.25) is 5.28 Å². The van der Waals surface area contributed by atoms with Crippen LogP contribution in [0.3, 0.4) is 0 Å². The molecule has 0 unspecified atom stereocenters. The second-order valence-corrected chi connectivity index (χ2v) is 3.59. The summed E-state index contributed by atoms with van der Waals surface area (Å²) in [6.07, 6.45) is 1.77. The smallest absolute Gasteiger partial charge is 0.381 e. The fraction of sp³-hybridized carbons (Fsp3) is 0.889. The highest BCUT2D eigenvalue weighted by Crippen LogP contribution is 2.10. The molecular formula is C9H18N2O4. The van der Waals surface area contributed by atoms with Crippen molar-refractivity contribution in [3.05, 3.63) is 5.21 Å². The molecule has 0 aromatic carbocycles. The van der Waals surface area contributed by atoms with E-state index in [0.29, 0.717) is 6.61 Å². The maximum Gasteiger partial charge on any atom is 0.381 e. The van der Waals surface area contributed by atoms with Crippen LogP contribution in [0.15, 0.2) is 5.28 Å². The Bertz CT molecular complexity index is 238. The molecule has 0 atom stereocenters. The molecule has 0 aromatic heterocycles. The minimum absolute atomic E-state index is 0.217. The van der Waals surface area contributed by atoms with Gasteiger partial charge in [0.25, 0.3) is 5.54 Å². The highest BCUT2D eigenvalue weighted by molar-refractivity contribution is 5.77. The monoisotopic (exact) mass is 218 g/mol. The topological polar surface area (TPSA) is 74.0 Å². The molecule has 6 nitrogen and oxygen atoms in total. The quantitative estimate of drug-likeness (QED) is 0.223. The molecule has 0 fully saturated rings. The van der Waals surface area contributed by atoms with Gasteiger partial charge < -0.3 is 14.8 Å². The number of ether oxygens (including phenoxy) is 1. The van der Waals surface area contributed by atoms with Gasteiger partial charge in [0, 0.05) is 13.8 Å². The highest BCUT2D eigenvalue weighted by atomic mass is 16.7. The third-order valence-corrected chi connectivity index (χ3v) is 1.88. The summed E-state index contributed by atoms with van der Waals surface area (Å²) in [5.74, 6) is -0.652. The van der Waals surface area contributed by atoms with E-state index in [1.165, 1.54) is 21.0 Å². The molecule has 0 aliphatic rings. The number of carbonyl (C=O) groups is 1. The van der Waals surface area contributed by atoms with Crippen molar-refractivity contribution in [2.24, 2.45) is 5.28 Å². The van der Waals surface area contributed by atoms with Crippen molar-refractivity contribution in [2.75, 3.05) is 13.7 Å². The number of nitrogens with zero attached hydrogens (tertiary/aromatic N) is 2. The Labute approximate surface area is 89.4 Å². The molecule has 0 spiro atoms. The summed E-state index contributed by atoms with van der Waals surface area (Å²) < 4.78 is 4.47. The summed E-state index contributed by atoms with van der Waals surface area (Å²) in [4.78, 5) is 16.1. The van der Waals surface area contributed by atoms with Crippen LogP contribution in [0.25, 0.3) is 0 Å². The number of hydrogen-bond donors (Lipinski definition) is 0. The average Bonchev–Trinajstić information content (AvgIpc) is 2.22. The number of rotatable bonds is 6. The van der Waals surface area contributed by atoms with E-state index >= 15 is 0 Å². The van der Waals surface area contributed by atoms with Crippen molar-refractivity contribution in [2.45, 2.75) is 39.2 Å². The van der Waals surface area contributed by atoms with Gasteiger partial charge in [0.1, 0.15) is 6.61 Å². The zero-order chi connectivity index (χ0) is 11.9. The zero-order valence-corrected chi connectivity index (χ0v) is 9.65. The number of unbranched alkanes of at least 4 members (excludes halogenated alkanes) is 1. The lowest BCUT2D eigenvalue weighted by Crippen LogP contribution is -2.41. The molecular weight excluding hydrogens is 200 g/mol. The molecule has 6 heteroatoms. The van der Waals surface area contributed by atoms with Gasteiger partial charge in [-0.2, -0.15) is 0 Å². The third kappa shape index (κ3) is 4.14. The Balaban J connectivity index is 4.28. The number of esters is 1. The normalized spacial score (nSPS) is 12.4. The van der Waals surface area contributed by atoms with Gasteiger partial charge in [0.05, 0.1) is 7.11 Å². The lowest BCUT2D eigenvalue weighted by atomic mass is 10.1. The first-order valence-electron chi connectivity index (χ1n) is 4.85. The van der Waals surface area contributed by atoms with Crippen molar-refractivity contribution >= 4 is 5.97 Å². The molecule has 15 heavy (non-hydrogen) atoms. The van der Waals surface area contributed by atoms with Crippen LogP contribution in [0.5, 0.6) is 0 Å². The van der Waals surface area contributed by atoms with E-state index in [4.69, 9.17) is 4.84 Å². The summed E-state index contributed by atoms with van der Waals surface area (Å²) in [6, 6.07) is 0. The molecule has 0 saturated heterocycles. The number of hydroxylamine groups is 1. The van der Waals surface area contributed by atoms with Gasteiger partial charge in [-0.3, -0.25) is 0 Å². The van der Waals surface area contributed by atoms with Crippen LogP contribution in [0.2, 0.25) is 0 Å². The second kappa shape index (κ2) is 6.21. The van der Waals surface area contributed by atoms with Crippen LogP contribution in [0.1, 0.15) is 33.6 Å². The van der Waals surface area contributed by atoms with Crippen LogP contribution < -0.4 is 0 Å².